The SMILES string of the molecule is O=CN[C@@H](CCc1ccccc1)CS(=O)(=O)Nc1ncc[nH]1. The predicted molar refractivity (Wildman–Crippen MR) is 83.7 cm³/mol. The lowest BCUT2D eigenvalue weighted by molar-refractivity contribution is -0.110. The molecule has 0 bridgehead atoms. The first-order chi connectivity index (χ1) is 10.6. The largest absolute Gasteiger partial charge is 0.355 e. The van der Waals surface area contributed by atoms with Crippen LogP contribution in [0.5, 0.6) is 0 Å². The number of aromatic nitrogens is 2. The zero-order valence-electron chi connectivity index (χ0n) is 11.9. The fraction of sp³-hybridized carbons (Fsp3) is 0.286. The van der Waals surface area contributed by atoms with Gasteiger partial charge in [0.25, 0.3) is 0 Å². The minimum absolute atomic E-state index is 0.160. The molecule has 0 radical (unpaired) electrons. The van der Waals surface area contributed by atoms with Crippen LogP contribution in [0.25, 0.3) is 0 Å². The molecule has 118 valence electrons. The number of aromatic amines is 1. The van der Waals surface area contributed by atoms with E-state index in [0.717, 1.165) is 5.56 Å². The van der Waals surface area contributed by atoms with Gasteiger partial charge in [-0.25, -0.2) is 13.4 Å². The fourth-order valence-corrected chi connectivity index (χ4v) is 3.35. The van der Waals surface area contributed by atoms with Crippen molar-refractivity contribution in [2.75, 3.05) is 10.5 Å². The maximum atomic E-state index is 12.1. The first-order valence-corrected chi connectivity index (χ1v) is 8.48. The van der Waals surface area contributed by atoms with Gasteiger partial charge in [0.15, 0.2) is 0 Å². The summed E-state index contributed by atoms with van der Waals surface area (Å²) in [5, 5.41) is 2.56. The number of hydrogen-bond donors (Lipinski definition) is 3. The van der Waals surface area contributed by atoms with Crippen LogP contribution in [-0.4, -0.2) is 36.6 Å². The molecule has 0 aliphatic heterocycles. The molecule has 1 amide bonds. The van der Waals surface area contributed by atoms with Gasteiger partial charge in [0, 0.05) is 18.4 Å². The normalized spacial score (nSPS) is 12.5. The summed E-state index contributed by atoms with van der Waals surface area (Å²) >= 11 is 0. The third-order valence-corrected chi connectivity index (χ3v) is 4.44. The van der Waals surface area contributed by atoms with Crippen LogP contribution < -0.4 is 10.0 Å². The maximum absolute atomic E-state index is 12.1. The van der Waals surface area contributed by atoms with E-state index in [1.807, 2.05) is 30.3 Å². The van der Waals surface area contributed by atoms with Gasteiger partial charge in [0.1, 0.15) is 0 Å². The summed E-state index contributed by atoms with van der Waals surface area (Å²) in [6.45, 7) is 0. The zero-order chi connectivity index (χ0) is 15.8. The average Bonchev–Trinajstić information content (AvgIpc) is 2.98. The molecule has 22 heavy (non-hydrogen) atoms. The molecule has 0 unspecified atom stereocenters. The Morgan fingerprint density at radius 2 is 2.05 bits per heavy atom. The number of rotatable bonds is 9. The Bertz CT molecular complexity index is 671. The Balaban J connectivity index is 1.94. The zero-order valence-corrected chi connectivity index (χ0v) is 12.7. The molecule has 0 fully saturated rings. The third-order valence-electron chi connectivity index (χ3n) is 3.10. The number of nitrogens with zero attached hydrogens (tertiary/aromatic N) is 1. The van der Waals surface area contributed by atoms with Crippen LogP contribution >= 0.6 is 0 Å². The van der Waals surface area contributed by atoms with Crippen molar-refractivity contribution >= 4 is 22.4 Å². The summed E-state index contributed by atoms with van der Waals surface area (Å²) in [5.74, 6) is -0.0489. The lowest BCUT2D eigenvalue weighted by atomic mass is 10.1. The summed E-state index contributed by atoms with van der Waals surface area (Å²) in [6, 6.07) is 9.23. The second-order valence-electron chi connectivity index (χ2n) is 4.83. The van der Waals surface area contributed by atoms with Crippen molar-refractivity contribution in [1.82, 2.24) is 15.3 Å². The minimum Gasteiger partial charge on any atom is -0.355 e. The number of imidazole rings is 1. The smallest absolute Gasteiger partial charge is 0.237 e. The van der Waals surface area contributed by atoms with Crippen LogP contribution in [0.15, 0.2) is 42.7 Å². The van der Waals surface area contributed by atoms with E-state index in [1.54, 1.807) is 0 Å². The van der Waals surface area contributed by atoms with E-state index in [4.69, 9.17) is 0 Å². The van der Waals surface area contributed by atoms with Crippen molar-refractivity contribution in [3.8, 4) is 0 Å². The topological polar surface area (TPSA) is 104 Å². The van der Waals surface area contributed by atoms with Gasteiger partial charge in [-0.2, -0.15) is 0 Å². The molecule has 2 rings (SSSR count). The summed E-state index contributed by atoms with van der Waals surface area (Å²) in [6.07, 6.45) is 4.71. The van der Waals surface area contributed by atoms with Crippen LogP contribution in [0.2, 0.25) is 0 Å². The van der Waals surface area contributed by atoms with Crippen molar-refractivity contribution in [3.05, 3.63) is 48.3 Å². The third kappa shape index (κ3) is 5.21. The minimum atomic E-state index is -3.60. The van der Waals surface area contributed by atoms with Crippen LogP contribution in [0.4, 0.5) is 5.95 Å². The Kier molecular flexibility index (Phi) is 5.54. The fourth-order valence-electron chi connectivity index (χ4n) is 2.07. The number of benzene rings is 1. The van der Waals surface area contributed by atoms with Gasteiger partial charge in [-0.15, -0.1) is 0 Å². The van der Waals surface area contributed by atoms with E-state index in [9.17, 15) is 13.2 Å². The van der Waals surface area contributed by atoms with Gasteiger partial charge in [0.05, 0.1) is 5.75 Å². The Labute approximate surface area is 129 Å². The number of H-pyrrole nitrogens is 1. The second kappa shape index (κ2) is 7.60. The van der Waals surface area contributed by atoms with Crippen molar-refractivity contribution in [3.63, 3.8) is 0 Å². The van der Waals surface area contributed by atoms with Gasteiger partial charge < -0.3 is 10.3 Å². The maximum Gasteiger partial charge on any atom is 0.237 e. The quantitative estimate of drug-likeness (QED) is 0.597. The number of amides is 1. The summed E-state index contributed by atoms with van der Waals surface area (Å²) in [7, 11) is -3.60. The van der Waals surface area contributed by atoms with Gasteiger partial charge in [-0.05, 0) is 18.4 Å². The van der Waals surface area contributed by atoms with E-state index in [0.29, 0.717) is 19.3 Å². The first-order valence-electron chi connectivity index (χ1n) is 6.82. The highest BCUT2D eigenvalue weighted by Crippen LogP contribution is 2.08. The lowest BCUT2D eigenvalue weighted by Gasteiger charge is -2.16. The molecule has 0 aliphatic carbocycles. The summed E-state index contributed by atoms with van der Waals surface area (Å²) in [5.41, 5.74) is 1.09. The monoisotopic (exact) mass is 322 g/mol. The number of nitrogens with one attached hydrogen (secondary N) is 3. The van der Waals surface area contributed by atoms with Crippen molar-refractivity contribution in [1.29, 1.82) is 0 Å². The number of anilines is 1. The first kappa shape index (κ1) is 16.0. The highest BCUT2D eigenvalue weighted by atomic mass is 32.2. The van der Waals surface area contributed by atoms with Crippen LogP contribution in [0, 0.1) is 0 Å². The van der Waals surface area contributed by atoms with Crippen molar-refractivity contribution in [2.45, 2.75) is 18.9 Å². The average molecular weight is 322 g/mol. The number of carbonyl (C=O) groups excluding carboxylic acids is 1. The number of carbonyl (C=O) groups is 1. The molecule has 0 spiro atoms. The lowest BCUT2D eigenvalue weighted by Crippen LogP contribution is -2.37. The molecule has 3 N–H and O–H groups in total. The number of sulfonamides is 1. The Morgan fingerprint density at radius 1 is 1.27 bits per heavy atom. The van der Waals surface area contributed by atoms with E-state index >= 15 is 0 Å². The molecule has 0 saturated heterocycles. The van der Waals surface area contributed by atoms with Crippen molar-refractivity contribution in [2.24, 2.45) is 0 Å². The van der Waals surface area contributed by atoms with Gasteiger partial charge in [-0.3, -0.25) is 9.52 Å². The van der Waals surface area contributed by atoms with Crippen LogP contribution in [0.1, 0.15) is 12.0 Å². The Hall–Kier alpha value is -2.35. The Morgan fingerprint density at radius 3 is 2.68 bits per heavy atom. The van der Waals surface area contributed by atoms with E-state index in [1.165, 1.54) is 12.4 Å². The van der Waals surface area contributed by atoms with E-state index in [2.05, 4.69) is 20.0 Å². The molecule has 0 saturated carbocycles. The molecule has 0 aliphatic rings. The highest BCUT2D eigenvalue weighted by Gasteiger charge is 2.19. The molecule has 1 atom stereocenters. The van der Waals surface area contributed by atoms with E-state index in [-0.39, 0.29) is 11.7 Å². The molecular weight excluding hydrogens is 304 g/mol. The van der Waals surface area contributed by atoms with Crippen molar-refractivity contribution < 1.29 is 13.2 Å². The molecule has 7 nitrogen and oxygen atoms in total. The molecular formula is C14H18N4O3S. The number of hydrogen-bond acceptors (Lipinski definition) is 4. The summed E-state index contributed by atoms with van der Waals surface area (Å²) in [4.78, 5) is 17.2. The second-order valence-corrected chi connectivity index (χ2v) is 6.59. The van der Waals surface area contributed by atoms with Crippen LogP contribution in [-0.2, 0) is 21.2 Å². The van der Waals surface area contributed by atoms with Gasteiger partial charge >= 0.3 is 0 Å². The molecule has 1 aromatic heterocycles. The molecule has 1 heterocycles. The van der Waals surface area contributed by atoms with Gasteiger partial charge in [-0.1, -0.05) is 30.3 Å². The highest BCUT2D eigenvalue weighted by molar-refractivity contribution is 7.92. The standard InChI is InChI=1S/C14H18N4O3S/c19-11-17-13(7-6-12-4-2-1-3-5-12)10-22(20,21)18-14-15-8-9-16-14/h1-5,8-9,11,13H,6-7,10H2,(H,17,19)(H2,15,16,18)/t13-/m0/s1. The van der Waals surface area contributed by atoms with Crippen LogP contribution in [0.3, 0.4) is 0 Å². The summed E-state index contributed by atoms with van der Waals surface area (Å²) < 4.78 is 26.5. The molecule has 8 heteroatoms. The molecule has 2 aromatic rings. The predicted octanol–water partition coefficient (Wildman–Crippen LogP) is 0.899. The van der Waals surface area contributed by atoms with Gasteiger partial charge in [0.2, 0.25) is 22.4 Å². The molecule has 1 aromatic carbocycles. The van der Waals surface area contributed by atoms with E-state index < -0.39 is 16.1 Å². The number of aryl methyl sites for hydroxylation is 1.